The first-order valence-corrected chi connectivity index (χ1v) is 20.2. The van der Waals surface area contributed by atoms with E-state index in [0.29, 0.717) is 12.8 Å². The number of ether oxygens (including phenoxy) is 3. The van der Waals surface area contributed by atoms with E-state index in [1.54, 1.807) is 0 Å². The van der Waals surface area contributed by atoms with Crippen molar-refractivity contribution in [2.24, 2.45) is 5.41 Å². The van der Waals surface area contributed by atoms with Crippen molar-refractivity contribution in [2.75, 3.05) is 6.61 Å². The quantitative estimate of drug-likeness (QED) is 0.0885. The molecule has 0 spiro atoms. The number of allylic oxidation sites excluding steroid dienone is 25. The molecule has 3 N–H and O–H groups in total. The lowest BCUT2D eigenvalue weighted by Gasteiger charge is -2.42. The minimum atomic E-state index is -1.50. The molecule has 0 aromatic rings. The zero-order valence-corrected chi connectivity index (χ0v) is 36.4. The molecule has 0 radical (unpaired) electrons. The second kappa shape index (κ2) is 24.6. The highest BCUT2D eigenvalue weighted by atomic mass is 16.7. The van der Waals surface area contributed by atoms with Gasteiger partial charge < -0.3 is 29.5 Å². The fourth-order valence-electron chi connectivity index (χ4n) is 6.08. The van der Waals surface area contributed by atoms with Gasteiger partial charge >= 0.3 is 5.97 Å². The van der Waals surface area contributed by atoms with E-state index >= 15 is 0 Å². The van der Waals surface area contributed by atoms with Crippen LogP contribution in [0.2, 0.25) is 0 Å². The van der Waals surface area contributed by atoms with Crippen LogP contribution >= 0.6 is 0 Å². The molecule has 5 unspecified atom stereocenters. The van der Waals surface area contributed by atoms with E-state index in [4.69, 9.17) is 14.2 Å². The SMILES string of the molecule is CCCC(=O)OCC1OC(OC(C)(C)CC=CC(C)=CC=CC(C)=CC=CC(C)=CC=CC=C(C)C=CC=C(C)C=CC2=C(C)C=CCC2(C)C)C(O)C(O)C1O. The molecule has 5 atom stereocenters. The molecule has 7 nitrogen and oxygen atoms in total. The number of rotatable bonds is 19. The van der Waals surface area contributed by atoms with Crippen molar-refractivity contribution in [3.8, 4) is 0 Å². The van der Waals surface area contributed by atoms with Crippen LogP contribution < -0.4 is 0 Å². The van der Waals surface area contributed by atoms with Gasteiger partial charge in [0.05, 0.1) is 5.60 Å². The van der Waals surface area contributed by atoms with E-state index in [1.165, 1.54) is 22.3 Å². The summed E-state index contributed by atoms with van der Waals surface area (Å²) >= 11 is 0. The Bertz CT molecular complexity index is 1730. The summed E-state index contributed by atoms with van der Waals surface area (Å²) in [5.41, 5.74) is 7.85. The number of carbonyl (C=O) groups excluding carboxylic acids is 1. The van der Waals surface area contributed by atoms with Crippen LogP contribution in [0.25, 0.3) is 0 Å². The maximum absolute atomic E-state index is 11.8. The van der Waals surface area contributed by atoms with Crippen LogP contribution in [-0.2, 0) is 19.0 Å². The van der Waals surface area contributed by atoms with Gasteiger partial charge in [0.15, 0.2) is 6.29 Å². The van der Waals surface area contributed by atoms with Crippen LogP contribution in [0, 0.1) is 5.41 Å². The molecule has 0 amide bonds. The summed E-state index contributed by atoms with van der Waals surface area (Å²) in [6, 6.07) is 0. The number of aliphatic hydroxyl groups is 3. The van der Waals surface area contributed by atoms with Gasteiger partial charge in [0.25, 0.3) is 0 Å². The summed E-state index contributed by atoms with van der Waals surface area (Å²) in [6.45, 7) is 22.5. The van der Waals surface area contributed by atoms with Gasteiger partial charge in [-0.25, -0.2) is 0 Å². The first-order valence-electron chi connectivity index (χ1n) is 20.2. The molecule has 7 heteroatoms. The normalized spacial score (nSPS) is 24.9. The third-order valence-electron chi connectivity index (χ3n) is 9.60. The Balaban J connectivity index is 1.84. The molecular weight excluding hydrogens is 713 g/mol. The monoisotopic (exact) mass is 783 g/mol. The van der Waals surface area contributed by atoms with Crippen molar-refractivity contribution < 1.29 is 34.3 Å². The van der Waals surface area contributed by atoms with E-state index in [9.17, 15) is 20.1 Å². The molecule has 1 aliphatic carbocycles. The topological polar surface area (TPSA) is 105 Å². The maximum atomic E-state index is 11.8. The lowest BCUT2D eigenvalue weighted by Crippen LogP contribution is -2.60. The van der Waals surface area contributed by atoms with Gasteiger partial charge in [0.1, 0.15) is 31.0 Å². The molecule has 0 bridgehead atoms. The van der Waals surface area contributed by atoms with E-state index in [0.717, 1.165) is 23.1 Å². The number of aliphatic hydroxyl groups excluding tert-OH is 3. The first kappa shape index (κ1) is 49.0. The summed E-state index contributed by atoms with van der Waals surface area (Å²) in [6.07, 6.45) is 35.7. The number of hydrogen-bond acceptors (Lipinski definition) is 7. The third kappa shape index (κ3) is 18.8. The molecule has 0 aromatic carbocycles. The number of hydrogen-bond donors (Lipinski definition) is 3. The number of esters is 1. The van der Waals surface area contributed by atoms with E-state index < -0.39 is 42.3 Å². The van der Waals surface area contributed by atoms with Gasteiger partial charge in [0.2, 0.25) is 0 Å². The zero-order chi connectivity index (χ0) is 42.6. The minimum absolute atomic E-state index is 0.173. The lowest BCUT2D eigenvalue weighted by atomic mass is 9.75. The fraction of sp³-hybridized carbons (Fsp3) is 0.460. The molecule has 2 aliphatic rings. The van der Waals surface area contributed by atoms with Gasteiger partial charge in [-0.1, -0.05) is 164 Å². The molecule has 0 saturated carbocycles. The van der Waals surface area contributed by atoms with Crippen molar-refractivity contribution in [3.63, 3.8) is 0 Å². The van der Waals surface area contributed by atoms with Crippen molar-refractivity contribution in [1.82, 2.24) is 0 Å². The van der Waals surface area contributed by atoms with Crippen molar-refractivity contribution >= 4 is 5.97 Å². The van der Waals surface area contributed by atoms with E-state index in [-0.39, 0.29) is 18.4 Å². The maximum Gasteiger partial charge on any atom is 0.305 e. The van der Waals surface area contributed by atoms with Crippen molar-refractivity contribution in [1.29, 1.82) is 0 Å². The summed E-state index contributed by atoms with van der Waals surface area (Å²) in [5, 5.41) is 31.2. The van der Waals surface area contributed by atoms with Crippen LogP contribution in [0.1, 0.15) is 102 Å². The smallest absolute Gasteiger partial charge is 0.305 e. The molecule has 1 heterocycles. The molecule has 57 heavy (non-hydrogen) atoms. The average Bonchev–Trinajstić information content (AvgIpc) is 3.12. The molecule has 312 valence electrons. The Morgan fingerprint density at radius 2 is 1.30 bits per heavy atom. The Kier molecular flexibility index (Phi) is 21.2. The Morgan fingerprint density at radius 3 is 1.82 bits per heavy atom. The molecule has 1 saturated heterocycles. The molecule has 1 aliphatic heterocycles. The van der Waals surface area contributed by atoms with Crippen molar-refractivity contribution in [3.05, 3.63) is 154 Å². The van der Waals surface area contributed by atoms with E-state index in [2.05, 4.69) is 127 Å². The highest BCUT2D eigenvalue weighted by molar-refractivity contribution is 5.69. The molecule has 2 rings (SSSR count). The zero-order valence-electron chi connectivity index (χ0n) is 36.4. The standard InChI is InChI=1S/C50H70O7/c1-12-20-44(51)55-35-43-45(52)46(53)47(54)48(56-43)57-50(10,11)34-18-29-39(5)27-16-26-38(4)25-15-23-36(2)21-13-14-22-37(3)24-17-28-40(6)31-32-42-41(7)30-19-33-49(42,8)9/h13-19,21-32,43,45-48,52-54H,12,20,33-35H2,1-11H3. The molecular formula is C50H70O7. The Hall–Kier alpha value is -4.11. The predicted octanol–water partition coefficient (Wildman–Crippen LogP) is 10.7. The van der Waals surface area contributed by atoms with Gasteiger partial charge in [-0.3, -0.25) is 4.79 Å². The summed E-state index contributed by atoms with van der Waals surface area (Å²) in [4.78, 5) is 11.8. The largest absolute Gasteiger partial charge is 0.463 e. The second-order valence-electron chi connectivity index (χ2n) is 16.4. The first-order chi connectivity index (χ1) is 26.8. The third-order valence-corrected chi connectivity index (χ3v) is 9.60. The number of carbonyl (C=O) groups is 1. The summed E-state index contributed by atoms with van der Waals surface area (Å²) in [5.74, 6) is -0.419. The highest BCUT2D eigenvalue weighted by Gasteiger charge is 2.46. The minimum Gasteiger partial charge on any atom is -0.463 e. The van der Waals surface area contributed by atoms with Gasteiger partial charge in [-0.2, -0.15) is 0 Å². The Morgan fingerprint density at radius 1 is 0.789 bits per heavy atom. The molecule has 1 fully saturated rings. The summed E-state index contributed by atoms with van der Waals surface area (Å²) in [7, 11) is 0. The molecule has 0 aromatic heterocycles. The van der Waals surface area contributed by atoms with Crippen LogP contribution in [0.3, 0.4) is 0 Å². The lowest BCUT2D eigenvalue weighted by molar-refractivity contribution is -0.323. The highest BCUT2D eigenvalue weighted by Crippen LogP contribution is 2.37. The Labute approximate surface area is 344 Å². The van der Waals surface area contributed by atoms with E-state index in [1.807, 2.05) is 64.2 Å². The van der Waals surface area contributed by atoms with Crippen LogP contribution in [0.15, 0.2) is 154 Å². The fourth-order valence-corrected chi connectivity index (χ4v) is 6.08. The van der Waals surface area contributed by atoms with Crippen LogP contribution in [0.5, 0.6) is 0 Å². The van der Waals surface area contributed by atoms with Crippen molar-refractivity contribution in [2.45, 2.75) is 138 Å². The van der Waals surface area contributed by atoms with Gasteiger partial charge in [0, 0.05) is 6.42 Å². The van der Waals surface area contributed by atoms with Gasteiger partial charge in [-0.05, 0) is 91.2 Å². The summed E-state index contributed by atoms with van der Waals surface area (Å²) < 4.78 is 16.9. The van der Waals surface area contributed by atoms with Crippen LogP contribution in [-0.4, -0.2) is 64.2 Å². The predicted molar refractivity (Wildman–Crippen MR) is 236 cm³/mol. The van der Waals surface area contributed by atoms with Gasteiger partial charge in [-0.15, -0.1) is 0 Å². The van der Waals surface area contributed by atoms with Crippen LogP contribution in [0.4, 0.5) is 0 Å². The second-order valence-corrected chi connectivity index (χ2v) is 16.4. The average molecular weight is 783 g/mol.